The van der Waals surface area contributed by atoms with Crippen molar-refractivity contribution in [2.45, 2.75) is 25.2 Å². The number of benzene rings is 3. The Bertz CT molecular complexity index is 1380. The molecule has 8 heteroatoms. The molecular weight excluding hydrogens is 424 g/mol. The molecule has 164 valence electrons. The SMILES string of the molecule is Cc1cccc(NC(=O)CCNS(=O)(=O)c2ccc3nc(-c4ccccc4)[nH]c3c2)c1C. The minimum Gasteiger partial charge on any atom is -0.338 e. The van der Waals surface area contributed by atoms with Crippen LogP contribution in [-0.4, -0.2) is 30.8 Å². The van der Waals surface area contributed by atoms with Crippen molar-refractivity contribution in [1.82, 2.24) is 14.7 Å². The fourth-order valence-corrected chi connectivity index (χ4v) is 4.43. The van der Waals surface area contributed by atoms with Crippen LogP contribution in [0.25, 0.3) is 22.4 Å². The maximum atomic E-state index is 12.7. The number of anilines is 1. The van der Waals surface area contributed by atoms with Gasteiger partial charge in [0, 0.05) is 24.2 Å². The highest BCUT2D eigenvalue weighted by Gasteiger charge is 2.16. The van der Waals surface area contributed by atoms with E-state index in [4.69, 9.17) is 0 Å². The van der Waals surface area contributed by atoms with Crippen LogP contribution in [0.3, 0.4) is 0 Å². The van der Waals surface area contributed by atoms with Gasteiger partial charge in [-0.2, -0.15) is 0 Å². The second-order valence-corrected chi connectivity index (χ2v) is 9.34. The average molecular weight is 449 g/mol. The molecule has 1 heterocycles. The lowest BCUT2D eigenvalue weighted by molar-refractivity contribution is -0.116. The summed E-state index contributed by atoms with van der Waals surface area (Å²) in [6.07, 6.45) is 0.0249. The van der Waals surface area contributed by atoms with Gasteiger partial charge >= 0.3 is 0 Å². The molecule has 0 saturated heterocycles. The molecule has 0 unspecified atom stereocenters. The zero-order chi connectivity index (χ0) is 22.7. The first-order valence-corrected chi connectivity index (χ1v) is 11.7. The number of aromatic nitrogens is 2. The van der Waals surface area contributed by atoms with Crippen molar-refractivity contribution >= 4 is 32.7 Å². The van der Waals surface area contributed by atoms with Crippen molar-refractivity contribution in [3.63, 3.8) is 0 Å². The van der Waals surface area contributed by atoms with E-state index >= 15 is 0 Å². The van der Waals surface area contributed by atoms with Crippen molar-refractivity contribution in [2.75, 3.05) is 11.9 Å². The predicted octanol–water partition coefficient (Wildman–Crippen LogP) is 4.15. The summed E-state index contributed by atoms with van der Waals surface area (Å²) in [6, 6.07) is 20.0. The van der Waals surface area contributed by atoms with Gasteiger partial charge in [-0.25, -0.2) is 18.1 Å². The van der Waals surface area contributed by atoms with Crippen molar-refractivity contribution in [2.24, 2.45) is 0 Å². The third-order valence-electron chi connectivity index (χ3n) is 5.33. The lowest BCUT2D eigenvalue weighted by Gasteiger charge is -2.11. The number of amides is 1. The van der Waals surface area contributed by atoms with Crippen LogP contribution in [0.1, 0.15) is 17.5 Å². The number of sulfonamides is 1. The van der Waals surface area contributed by atoms with Gasteiger partial charge in [0.25, 0.3) is 0 Å². The minimum atomic E-state index is -3.77. The second kappa shape index (κ2) is 8.94. The summed E-state index contributed by atoms with van der Waals surface area (Å²) in [5.74, 6) is 0.421. The summed E-state index contributed by atoms with van der Waals surface area (Å²) in [5, 5.41) is 2.83. The molecule has 1 aromatic heterocycles. The third kappa shape index (κ3) is 4.71. The summed E-state index contributed by atoms with van der Waals surface area (Å²) in [4.78, 5) is 20.1. The van der Waals surface area contributed by atoms with E-state index in [1.54, 1.807) is 12.1 Å². The van der Waals surface area contributed by atoms with Gasteiger partial charge in [0.05, 0.1) is 15.9 Å². The van der Waals surface area contributed by atoms with Gasteiger partial charge in [0.2, 0.25) is 15.9 Å². The number of aryl methyl sites for hydroxylation is 1. The van der Waals surface area contributed by atoms with E-state index in [0.717, 1.165) is 22.4 Å². The van der Waals surface area contributed by atoms with Crippen LogP contribution in [0, 0.1) is 13.8 Å². The summed E-state index contributed by atoms with van der Waals surface area (Å²) < 4.78 is 27.9. The summed E-state index contributed by atoms with van der Waals surface area (Å²) in [5.41, 5.74) is 5.02. The summed E-state index contributed by atoms with van der Waals surface area (Å²) in [7, 11) is -3.77. The quantitative estimate of drug-likeness (QED) is 0.395. The largest absolute Gasteiger partial charge is 0.338 e. The average Bonchev–Trinajstić information content (AvgIpc) is 3.21. The van der Waals surface area contributed by atoms with Gasteiger partial charge in [0.15, 0.2) is 0 Å². The molecule has 4 rings (SSSR count). The van der Waals surface area contributed by atoms with Gasteiger partial charge in [0.1, 0.15) is 5.82 Å². The Balaban J connectivity index is 1.41. The fourth-order valence-electron chi connectivity index (χ4n) is 3.37. The Morgan fingerprint density at radius 3 is 2.56 bits per heavy atom. The Morgan fingerprint density at radius 1 is 1.00 bits per heavy atom. The lowest BCUT2D eigenvalue weighted by atomic mass is 10.1. The monoisotopic (exact) mass is 448 g/mol. The molecule has 0 radical (unpaired) electrons. The number of imidazole rings is 1. The molecule has 0 aliphatic heterocycles. The number of nitrogens with zero attached hydrogens (tertiary/aromatic N) is 1. The lowest BCUT2D eigenvalue weighted by Crippen LogP contribution is -2.28. The van der Waals surface area contributed by atoms with Crippen molar-refractivity contribution in [3.05, 3.63) is 77.9 Å². The molecule has 0 bridgehead atoms. The van der Waals surface area contributed by atoms with Crippen molar-refractivity contribution in [3.8, 4) is 11.4 Å². The first-order chi connectivity index (χ1) is 15.3. The first kappa shape index (κ1) is 21.7. The number of H-pyrrole nitrogens is 1. The Hall–Kier alpha value is -3.49. The van der Waals surface area contributed by atoms with Crippen LogP contribution < -0.4 is 10.0 Å². The van der Waals surface area contributed by atoms with E-state index in [9.17, 15) is 13.2 Å². The Labute approximate surface area is 187 Å². The molecule has 0 spiro atoms. The number of carbonyl (C=O) groups excluding carboxylic acids is 1. The fraction of sp³-hybridized carbons (Fsp3) is 0.167. The molecule has 32 heavy (non-hydrogen) atoms. The van der Waals surface area contributed by atoms with E-state index in [-0.39, 0.29) is 23.8 Å². The predicted molar refractivity (Wildman–Crippen MR) is 126 cm³/mol. The molecule has 0 fully saturated rings. The van der Waals surface area contributed by atoms with Gasteiger partial charge < -0.3 is 10.3 Å². The van der Waals surface area contributed by atoms with Gasteiger partial charge in [-0.3, -0.25) is 4.79 Å². The van der Waals surface area contributed by atoms with Crippen molar-refractivity contribution < 1.29 is 13.2 Å². The molecule has 0 aliphatic rings. The summed E-state index contributed by atoms with van der Waals surface area (Å²) in [6.45, 7) is 3.90. The topological polar surface area (TPSA) is 104 Å². The molecule has 0 atom stereocenters. The molecule has 3 N–H and O–H groups in total. The van der Waals surface area contributed by atoms with E-state index in [2.05, 4.69) is 20.0 Å². The van der Waals surface area contributed by atoms with Crippen LogP contribution in [-0.2, 0) is 14.8 Å². The van der Waals surface area contributed by atoms with Crippen LogP contribution in [0.4, 0.5) is 5.69 Å². The maximum Gasteiger partial charge on any atom is 0.240 e. The number of carbonyl (C=O) groups is 1. The highest BCUT2D eigenvalue weighted by molar-refractivity contribution is 7.89. The van der Waals surface area contributed by atoms with E-state index in [0.29, 0.717) is 16.9 Å². The second-order valence-electron chi connectivity index (χ2n) is 7.57. The first-order valence-electron chi connectivity index (χ1n) is 10.2. The van der Waals surface area contributed by atoms with Gasteiger partial charge in [-0.05, 0) is 49.2 Å². The van der Waals surface area contributed by atoms with E-state index < -0.39 is 10.0 Å². The maximum absolute atomic E-state index is 12.7. The summed E-state index contributed by atoms with van der Waals surface area (Å²) >= 11 is 0. The van der Waals surface area contributed by atoms with Crippen molar-refractivity contribution in [1.29, 1.82) is 0 Å². The minimum absolute atomic E-state index is 0.00465. The van der Waals surface area contributed by atoms with Crippen LogP contribution in [0.5, 0.6) is 0 Å². The highest BCUT2D eigenvalue weighted by atomic mass is 32.2. The van der Waals surface area contributed by atoms with E-state index in [1.807, 2.05) is 62.4 Å². The smallest absolute Gasteiger partial charge is 0.240 e. The molecule has 0 saturated carbocycles. The number of aromatic amines is 1. The Morgan fingerprint density at radius 2 is 1.78 bits per heavy atom. The molecule has 3 aromatic carbocycles. The molecule has 0 aliphatic carbocycles. The van der Waals surface area contributed by atoms with Crippen LogP contribution in [0.2, 0.25) is 0 Å². The standard InChI is InChI=1S/C24H24N4O3S/c1-16-7-6-10-20(17(16)2)26-23(29)13-14-25-32(30,31)19-11-12-21-22(15-19)28-24(27-21)18-8-4-3-5-9-18/h3-12,15,25H,13-14H2,1-2H3,(H,26,29)(H,27,28). The normalized spacial score (nSPS) is 11.6. The molecule has 1 amide bonds. The number of rotatable bonds is 7. The van der Waals surface area contributed by atoms with Crippen LogP contribution in [0.15, 0.2) is 71.6 Å². The van der Waals surface area contributed by atoms with Gasteiger partial charge in [-0.1, -0.05) is 42.5 Å². The van der Waals surface area contributed by atoms with Crippen LogP contribution >= 0.6 is 0 Å². The zero-order valence-electron chi connectivity index (χ0n) is 17.8. The molecule has 7 nitrogen and oxygen atoms in total. The number of nitrogens with one attached hydrogen (secondary N) is 3. The third-order valence-corrected chi connectivity index (χ3v) is 6.79. The molecule has 4 aromatic rings. The van der Waals surface area contributed by atoms with E-state index in [1.165, 1.54) is 6.07 Å². The zero-order valence-corrected chi connectivity index (χ0v) is 18.7. The Kier molecular flexibility index (Phi) is 6.07. The number of hydrogen-bond donors (Lipinski definition) is 3. The molecular formula is C24H24N4O3S. The number of fused-ring (bicyclic) bond motifs is 1. The van der Waals surface area contributed by atoms with Gasteiger partial charge in [-0.15, -0.1) is 0 Å². The highest BCUT2D eigenvalue weighted by Crippen LogP contribution is 2.23. The number of hydrogen-bond acceptors (Lipinski definition) is 4.